The van der Waals surface area contributed by atoms with Gasteiger partial charge in [0.2, 0.25) is 0 Å². The molecule has 0 unspecified atom stereocenters. The minimum absolute atomic E-state index is 0.00621. The molecule has 1 N–H and O–H groups in total. The van der Waals surface area contributed by atoms with Crippen molar-refractivity contribution >= 4 is 37.9 Å². The van der Waals surface area contributed by atoms with Crippen LogP contribution in [0.25, 0.3) is 4.96 Å². The predicted octanol–water partition coefficient (Wildman–Crippen LogP) is 3.01. The SMILES string of the molecule is CC(C)C(C)(C)CNS(=O)(=O)c1c(Cl)nc2sccn12. The number of halogens is 1. The summed E-state index contributed by atoms with van der Waals surface area (Å²) in [6.07, 6.45) is 1.65. The Balaban J connectivity index is 2.32. The van der Waals surface area contributed by atoms with Crippen LogP contribution in [0.15, 0.2) is 16.6 Å². The van der Waals surface area contributed by atoms with Crippen LogP contribution in [0.1, 0.15) is 27.7 Å². The standard InChI is InChI=1S/C12H18ClN3O2S2/c1-8(2)12(3,4)7-14-20(17,18)10-9(13)15-11-16(10)5-6-19-11/h5-6,8,14H,7H2,1-4H3. The molecule has 2 aromatic heterocycles. The Morgan fingerprint density at radius 2 is 2.15 bits per heavy atom. The Morgan fingerprint density at radius 1 is 1.50 bits per heavy atom. The molecule has 0 aromatic carbocycles. The van der Waals surface area contributed by atoms with Crippen molar-refractivity contribution in [1.82, 2.24) is 14.1 Å². The molecule has 5 nitrogen and oxygen atoms in total. The normalized spacial score (nSPS) is 13.5. The highest BCUT2D eigenvalue weighted by molar-refractivity contribution is 7.89. The van der Waals surface area contributed by atoms with Crippen molar-refractivity contribution in [2.24, 2.45) is 11.3 Å². The van der Waals surface area contributed by atoms with Gasteiger partial charge < -0.3 is 0 Å². The summed E-state index contributed by atoms with van der Waals surface area (Å²) in [4.78, 5) is 4.61. The summed E-state index contributed by atoms with van der Waals surface area (Å²) >= 11 is 7.30. The molecule has 112 valence electrons. The molecule has 2 aromatic rings. The lowest BCUT2D eigenvalue weighted by atomic mass is 9.81. The van der Waals surface area contributed by atoms with Gasteiger partial charge >= 0.3 is 0 Å². The van der Waals surface area contributed by atoms with E-state index in [2.05, 4.69) is 23.6 Å². The lowest BCUT2D eigenvalue weighted by molar-refractivity contribution is 0.252. The van der Waals surface area contributed by atoms with E-state index in [9.17, 15) is 8.42 Å². The molecule has 2 rings (SSSR count). The van der Waals surface area contributed by atoms with Crippen LogP contribution in [-0.4, -0.2) is 24.3 Å². The van der Waals surface area contributed by atoms with Crippen molar-refractivity contribution in [2.45, 2.75) is 32.7 Å². The smallest absolute Gasteiger partial charge is 0.259 e. The Hall–Kier alpha value is -0.630. The molecular weight excluding hydrogens is 318 g/mol. The van der Waals surface area contributed by atoms with Gasteiger partial charge in [-0.05, 0) is 11.3 Å². The maximum Gasteiger partial charge on any atom is 0.259 e. The quantitative estimate of drug-likeness (QED) is 0.913. The molecule has 2 heterocycles. The van der Waals surface area contributed by atoms with Crippen molar-refractivity contribution in [2.75, 3.05) is 6.54 Å². The minimum atomic E-state index is -3.69. The first-order valence-electron chi connectivity index (χ1n) is 6.26. The van der Waals surface area contributed by atoms with Gasteiger partial charge in [-0.2, -0.15) is 0 Å². The van der Waals surface area contributed by atoms with E-state index in [4.69, 9.17) is 11.6 Å². The predicted molar refractivity (Wildman–Crippen MR) is 81.9 cm³/mol. The van der Waals surface area contributed by atoms with E-state index in [1.54, 1.807) is 11.6 Å². The fourth-order valence-corrected chi connectivity index (χ4v) is 4.20. The Morgan fingerprint density at radius 3 is 2.75 bits per heavy atom. The number of imidazole rings is 1. The summed E-state index contributed by atoms with van der Waals surface area (Å²) in [6.45, 7) is 8.53. The van der Waals surface area contributed by atoms with Crippen LogP contribution < -0.4 is 4.72 Å². The van der Waals surface area contributed by atoms with Gasteiger partial charge in [-0.15, -0.1) is 11.3 Å². The van der Waals surface area contributed by atoms with Gasteiger partial charge in [-0.25, -0.2) is 18.1 Å². The van der Waals surface area contributed by atoms with Crippen LogP contribution in [0, 0.1) is 11.3 Å². The summed E-state index contributed by atoms with van der Waals surface area (Å²) in [6, 6.07) is 0. The van der Waals surface area contributed by atoms with Gasteiger partial charge in [0, 0.05) is 18.1 Å². The number of rotatable bonds is 5. The lowest BCUT2D eigenvalue weighted by Crippen LogP contribution is -2.37. The fraction of sp³-hybridized carbons (Fsp3) is 0.583. The molecule has 0 fully saturated rings. The molecule has 0 saturated heterocycles. The van der Waals surface area contributed by atoms with Crippen LogP contribution in [0.3, 0.4) is 0 Å². The molecule has 0 amide bonds. The van der Waals surface area contributed by atoms with Crippen LogP contribution in [0.5, 0.6) is 0 Å². The van der Waals surface area contributed by atoms with Crippen molar-refractivity contribution in [1.29, 1.82) is 0 Å². The van der Waals surface area contributed by atoms with Crippen molar-refractivity contribution in [3.05, 3.63) is 16.7 Å². The molecule has 0 radical (unpaired) electrons. The molecule has 0 aliphatic rings. The van der Waals surface area contributed by atoms with Crippen molar-refractivity contribution in [3.63, 3.8) is 0 Å². The van der Waals surface area contributed by atoms with E-state index in [1.807, 2.05) is 13.8 Å². The molecule has 8 heteroatoms. The van der Waals surface area contributed by atoms with Gasteiger partial charge in [-0.3, -0.25) is 4.40 Å². The summed E-state index contributed by atoms with van der Waals surface area (Å²) in [5, 5.41) is 1.79. The van der Waals surface area contributed by atoms with Gasteiger partial charge in [0.05, 0.1) is 0 Å². The highest BCUT2D eigenvalue weighted by Crippen LogP contribution is 2.28. The Bertz CT molecular complexity index is 716. The average Bonchev–Trinajstić information content (AvgIpc) is 2.85. The fourth-order valence-electron chi connectivity index (χ4n) is 1.53. The third-order valence-corrected chi connectivity index (χ3v) is 6.27. The van der Waals surface area contributed by atoms with Gasteiger partial charge in [0.25, 0.3) is 10.0 Å². The third-order valence-electron chi connectivity index (χ3n) is 3.71. The number of nitrogens with zero attached hydrogens (tertiary/aromatic N) is 2. The van der Waals surface area contributed by atoms with E-state index in [0.29, 0.717) is 17.4 Å². The van der Waals surface area contributed by atoms with Crippen molar-refractivity contribution in [3.8, 4) is 0 Å². The highest BCUT2D eigenvalue weighted by atomic mass is 35.5. The van der Waals surface area contributed by atoms with Crippen LogP contribution in [0.2, 0.25) is 5.15 Å². The highest BCUT2D eigenvalue weighted by Gasteiger charge is 2.29. The van der Waals surface area contributed by atoms with Crippen molar-refractivity contribution < 1.29 is 8.42 Å². The van der Waals surface area contributed by atoms with Crippen LogP contribution in [-0.2, 0) is 10.0 Å². The monoisotopic (exact) mass is 335 g/mol. The number of sulfonamides is 1. The molecule has 0 bridgehead atoms. The average molecular weight is 336 g/mol. The zero-order valence-electron chi connectivity index (χ0n) is 11.8. The second-order valence-electron chi connectivity index (χ2n) is 5.73. The maximum absolute atomic E-state index is 12.4. The molecular formula is C12H18ClN3O2S2. The van der Waals surface area contributed by atoms with E-state index in [1.165, 1.54) is 15.7 Å². The first-order valence-corrected chi connectivity index (χ1v) is 9.00. The van der Waals surface area contributed by atoms with Gasteiger partial charge in [0.1, 0.15) is 0 Å². The van der Waals surface area contributed by atoms with Gasteiger partial charge in [-0.1, -0.05) is 39.3 Å². The summed E-state index contributed by atoms with van der Waals surface area (Å²) in [5.74, 6) is 0.354. The van der Waals surface area contributed by atoms with E-state index >= 15 is 0 Å². The number of aromatic nitrogens is 2. The Labute approximate surface area is 128 Å². The van der Waals surface area contributed by atoms with Gasteiger partial charge in [0.15, 0.2) is 15.1 Å². The lowest BCUT2D eigenvalue weighted by Gasteiger charge is -2.29. The minimum Gasteiger partial charge on any atom is -0.279 e. The van der Waals surface area contributed by atoms with Crippen LogP contribution >= 0.6 is 22.9 Å². The third kappa shape index (κ3) is 2.86. The first kappa shape index (κ1) is 15.8. The second kappa shape index (κ2) is 5.29. The molecule has 0 saturated carbocycles. The van der Waals surface area contributed by atoms with Crippen LogP contribution in [0.4, 0.5) is 0 Å². The number of hydrogen-bond acceptors (Lipinski definition) is 4. The topological polar surface area (TPSA) is 63.5 Å². The Kier molecular flexibility index (Phi) is 4.17. The summed E-state index contributed by atoms with van der Waals surface area (Å²) in [5.41, 5.74) is -0.141. The molecule has 20 heavy (non-hydrogen) atoms. The molecule has 0 aliphatic carbocycles. The largest absolute Gasteiger partial charge is 0.279 e. The first-order chi connectivity index (χ1) is 9.15. The molecule has 0 spiro atoms. The number of fused-ring (bicyclic) bond motifs is 1. The maximum atomic E-state index is 12.4. The molecule has 0 aliphatic heterocycles. The van der Waals surface area contributed by atoms with E-state index in [0.717, 1.165) is 0 Å². The summed E-state index contributed by atoms with van der Waals surface area (Å²) < 4.78 is 29.0. The zero-order valence-corrected chi connectivity index (χ0v) is 14.2. The second-order valence-corrected chi connectivity index (χ2v) is 8.64. The summed E-state index contributed by atoms with van der Waals surface area (Å²) in [7, 11) is -3.69. The zero-order chi connectivity index (χ0) is 15.1. The molecule has 0 atom stereocenters. The number of thiazole rings is 1. The van der Waals surface area contributed by atoms with E-state index in [-0.39, 0.29) is 15.6 Å². The van der Waals surface area contributed by atoms with E-state index < -0.39 is 10.0 Å². The number of nitrogens with one attached hydrogen (secondary N) is 1. The number of hydrogen-bond donors (Lipinski definition) is 1.